The van der Waals surface area contributed by atoms with Gasteiger partial charge in [-0.3, -0.25) is 14.2 Å². The van der Waals surface area contributed by atoms with E-state index in [4.69, 9.17) is 9.47 Å². The van der Waals surface area contributed by atoms with E-state index in [2.05, 4.69) is 20.5 Å². The van der Waals surface area contributed by atoms with Gasteiger partial charge in [0, 0.05) is 17.7 Å². The third kappa shape index (κ3) is 5.80. The van der Waals surface area contributed by atoms with E-state index in [1.807, 2.05) is 35.7 Å². The molecule has 0 atom stereocenters. The minimum Gasteiger partial charge on any atom is -0.497 e. The number of methoxy groups -OCH3 is 1. The lowest BCUT2D eigenvalue weighted by molar-refractivity contribution is -0.121. The Morgan fingerprint density at radius 3 is 2.61 bits per heavy atom. The van der Waals surface area contributed by atoms with Crippen LogP contribution in [0.3, 0.4) is 0 Å². The van der Waals surface area contributed by atoms with Crippen LogP contribution >= 0.6 is 11.3 Å². The summed E-state index contributed by atoms with van der Waals surface area (Å²) < 4.78 is 11.9. The van der Waals surface area contributed by atoms with Crippen molar-refractivity contribution < 1.29 is 14.3 Å². The van der Waals surface area contributed by atoms with Crippen molar-refractivity contribution in [1.82, 2.24) is 25.1 Å². The second kappa shape index (κ2) is 10.5. The highest BCUT2D eigenvalue weighted by Gasteiger charge is 2.08. The summed E-state index contributed by atoms with van der Waals surface area (Å²) in [5.74, 6) is 0.771. The molecule has 4 aromatic rings. The molecule has 33 heavy (non-hydrogen) atoms. The summed E-state index contributed by atoms with van der Waals surface area (Å²) in [7, 11) is 1.59. The molecule has 1 aromatic carbocycles. The van der Waals surface area contributed by atoms with Gasteiger partial charge in [0.05, 0.1) is 30.6 Å². The molecule has 0 saturated heterocycles. The minimum absolute atomic E-state index is 0.135. The Kier molecular flexibility index (Phi) is 7.06. The molecule has 0 radical (unpaired) electrons. The molecule has 0 aliphatic heterocycles. The van der Waals surface area contributed by atoms with Gasteiger partial charge in [-0.05, 0) is 41.8 Å². The fourth-order valence-corrected chi connectivity index (χ4v) is 3.66. The van der Waals surface area contributed by atoms with Gasteiger partial charge < -0.3 is 14.8 Å². The van der Waals surface area contributed by atoms with E-state index in [0.29, 0.717) is 11.6 Å². The smallest absolute Gasteiger partial charge is 0.254 e. The first kappa shape index (κ1) is 22.2. The van der Waals surface area contributed by atoms with Crippen molar-refractivity contribution in [2.24, 2.45) is 0 Å². The molecule has 9 nitrogen and oxygen atoms in total. The molecule has 0 fully saturated rings. The molecule has 168 valence electrons. The molecule has 0 unspecified atom stereocenters. The van der Waals surface area contributed by atoms with Crippen molar-refractivity contribution in [2.75, 3.05) is 20.3 Å². The van der Waals surface area contributed by atoms with Crippen molar-refractivity contribution in [3.8, 4) is 33.5 Å². The van der Waals surface area contributed by atoms with Crippen molar-refractivity contribution in [1.29, 1.82) is 0 Å². The summed E-state index contributed by atoms with van der Waals surface area (Å²) in [6.45, 7) is 0.353. The molecule has 1 amide bonds. The van der Waals surface area contributed by atoms with Crippen LogP contribution in [-0.4, -0.2) is 45.9 Å². The third-order valence-electron chi connectivity index (χ3n) is 4.67. The highest BCUT2D eigenvalue weighted by Crippen LogP contribution is 2.22. The minimum atomic E-state index is -0.321. The van der Waals surface area contributed by atoms with Gasteiger partial charge in [0.25, 0.3) is 5.56 Å². The van der Waals surface area contributed by atoms with Crippen LogP contribution in [0.4, 0.5) is 0 Å². The Hall–Kier alpha value is -4.05. The van der Waals surface area contributed by atoms with E-state index in [0.717, 1.165) is 21.9 Å². The van der Waals surface area contributed by atoms with Crippen molar-refractivity contribution in [2.45, 2.75) is 6.54 Å². The maximum absolute atomic E-state index is 12.4. The van der Waals surface area contributed by atoms with E-state index in [-0.39, 0.29) is 31.2 Å². The van der Waals surface area contributed by atoms with Gasteiger partial charge in [-0.15, -0.1) is 21.5 Å². The molecule has 0 aliphatic rings. The van der Waals surface area contributed by atoms with E-state index in [1.165, 1.54) is 17.0 Å². The number of nitrogens with one attached hydrogen (secondary N) is 1. The van der Waals surface area contributed by atoms with Gasteiger partial charge in [0.15, 0.2) is 0 Å². The molecule has 10 heteroatoms. The number of amides is 1. The molecule has 0 aliphatic carbocycles. The zero-order valence-corrected chi connectivity index (χ0v) is 18.6. The summed E-state index contributed by atoms with van der Waals surface area (Å²) in [6, 6.07) is 16.1. The predicted octanol–water partition coefficient (Wildman–Crippen LogP) is 2.63. The average Bonchev–Trinajstić information content (AvgIpc) is 3.39. The Morgan fingerprint density at radius 1 is 1.09 bits per heavy atom. The van der Waals surface area contributed by atoms with Crippen LogP contribution in [0.2, 0.25) is 0 Å². The summed E-state index contributed by atoms with van der Waals surface area (Å²) in [5, 5.41) is 12.9. The van der Waals surface area contributed by atoms with Gasteiger partial charge in [0.1, 0.15) is 24.6 Å². The summed E-state index contributed by atoms with van der Waals surface area (Å²) in [4.78, 5) is 29.9. The maximum atomic E-state index is 12.4. The zero-order chi connectivity index (χ0) is 23.0. The fraction of sp³-hybridized carbons (Fsp3) is 0.174. The first-order valence-electron chi connectivity index (χ1n) is 10.1. The molecule has 4 rings (SSSR count). The van der Waals surface area contributed by atoms with Crippen LogP contribution in [0.15, 0.2) is 71.1 Å². The van der Waals surface area contributed by atoms with E-state index in [1.54, 1.807) is 36.6 Å². The Bertz CT molecular complexity index is 1260. The quantitative estimate of drug-likeness (QED) is 0.380. The number of aromatic nitrogens is 4. The Labute approximate surface area is 193 Å². The van der Waals surface area contributed by atoms with E-state index < -0.39 is 0 Å². The first-order chi connectivity index (χ1) is 16.1. The topological polar surface area (TPSA) is 108 Å². The van der Waals surface area contributed by atoms with Gasteiger partial charge in [-0.2, -0.15) is 0 Å². The lowest BCUT2D eigenvalue weighted by atomic mass is 10.1. The summed E-state index contributed by atoms with van der Waals surface area (Å²) in [5.41, 5.74) is 1.78. The molecule has 0 spiro atoms. The number of carbonyl (C=O) groups is 1. The lowest BCUT2D eigenvalue weighted by Crippen LogP contribution is -2.34. The second-order valence-electron chi connectivity index (χ2n) is 6.90. The molecular formula is C23H21N5O4S. The average molecular weight is 464 g/mol. The molecular weight excluding hydrogens is 442 g/mol. The highest BCUT2D eigenvalue weighted by atomic mass is 32.1. The first-order valence-corrected chi connectivity index (χ1v) is 11.0. The largest absolute Gasteiger partial charge is 0.497 e. The van der Waals surface area contributed by atoms with Gasteiger partial charge in [-0.1, -0.05) is 6.07 Å². The predicted molar refractivity (Wildman–Crippen MR) is 124 cm³/mol. The standard InChI is InChI=1S/C23H21N5O4S/c1-31-17-6-4-16(5-7-17)19-13-23(30)28(15-25-19)14-21(29)24-10-11-32-22-9-8-18(26-27-22)20-3-2-12-33-20/h2-9,12-13,15H,10-11,14H2,1H3,(H,24,29). The second-order valence-corrected chi connectivity index (χ2v) is 7.85. The van der Waals surface area contributed by atoms with Crippen LogP contribution in [0, 0.1) is 0 Å². The molecule has 0 bridgehead atoms. The van der Waals surface area contributed by atoms with Crippen LogP contribution < -0.4 is 20.3 Å². The van der Waals surface area contributed by atoms with Crippen molar-refractivity contribution in [3.63, 3.8) is 0 Å². The monoisotopic (exact) mass is 463 g/mol. The SMILES string of the molecule is COc1ccc(-c2cc(=O)n(CC(=O)NCCOc3ccc(-c4cccs4)nn3)cn2)cc1. The third-order valence-corrected chi connectivity index (χ3v) is 5.56. The molecule has 0 saturated carbocycles. The Balaban J connectivity index is 1.24. The number of hydrogen-bond donors (Lipinski definition) is 1. The van der Waals surface area contributed by atoms with Crippen molar-refractivity contribution >= 4 is 17.2 Å². The Morgan fingerprint density at radius 2 is 1.94 bits per heavy atom. The van der Waals surface area contributed by atoms with Gasteiger partial charge in [0.2, 0.25) is 11.8 Å². The van der Waals surface area contributed by atoms with Crippen LogP contribution in [-0.2, 0) is 11.3 Å². The summed E-state index contributed by atoms with van der Waals surface area (Å²) >= 11 is 1.58. The van der Waals surface area contributed by atoms with E-state index >= 15 is 0 Å². The lowest BCUT2D eigenvalue weighted by Gasteiger charge is -2.09. The fourth-order valence-electron chi connectivity index (χ4n) is 2.97. The number of ether oxygens (including phenoxy) is 2. The van der Waals surface area contributed by atoms with Gasteiger partial charge >= 0.3 is 0 Å². The van der Waals surface area contributed by atoms with Crippen LogP contribution in [0.25, 0.3) is 21.8 Å². The summed E-state index contributed by atoms with van der Waals surface area (Å²) in [6.07, 6.45) is 1.36. The number of thiophene rings is 1. The molecule has 3 aromatic heterocycles. The number of hydrogen-bond acceptors (Lipinski definition) is 8. The molecule has 1 N–H and O–H groups in total. The number of carbonyl (C=O) groups excluding carboxylic acids is 1. The number of nitrogens with zero attached hydrogens (tertiary/aromatic N) is 4. The van der Waals surface area contributed by atoms with Gasteiger partial charge in [-0.25, -0.2) is 4.98 Å². The molecule has 3 heterocycles. The van der Waals surface area contributed by atoms with Crippen LogP contribution in [0.1, 0.15) is 0 Å². The number of benzene rings is 1. The normalized spacial score (nSPS) is 10.6. The van der Waals surface area contributed by atoms with Crippen molar-refractivity contribution in [3.05, 3.63) is 76.7 Å². The van der Waals surface area contributed by atoms with Crippen LogP contribution in [0.5, 0.6) is 11.6 Å². The maximum Gasteiger partial charge on any atom is 0.254 e. The zero-order valence-electron chi connectivity index (χ0n) is 17.8. The highest BCUT2D eigenvalue weighted by molar-refractivity contribution is 7.13. The number of rotatable bonds is 9. The van der Waals surface area contributed by atoms with E-state index in [9.17, 15) is 9.59 Å².